The predicted molar refractivity (Wildman–Crippen MR) is 77.7 cm³/mol. The average molecular weight is 259 g/mol. The van der Waals surface area contributed by atoms with Crippen molar-refractivity contribution < 1.29 is 9.90 Å². The van der Waals surface area contributed by atoms with Gasteiger partial charge in [0.15, 0.2) is 0 Å². The summed E-state index contributed by atoms with van der Waals surface area (Å²) in [6.07, 6.45) is 3.64. The van der Waals surface area contributed by atoms with Crippen molar-refractivity contribution in [3.8, 4) is 5.75 Å². The highest BCUT2D eigenvalue weighted by atomic mass is 16.3. The van der Waals surface area contributed by atoms with E-state index in [2.05, 4.69) is 13.5 Å². The maximum absolute atomic E-state index is 12.5. The Hall–Kier alpha value is -1.77. The molecule has 0 bridgehead atoms. The number of nitrogens with zero attached hydrogens (tertiary/aromatic N) is 1. The maximum Gasteiger partial charge on any atom is 0.237 e. The first-order valence-corrected chi connectivity index (χ1v) is 6.73. The molecule has 3 heteroatoms. The molecule has 1 aliphatic rings. The summed E-state index contributed by atoms with van der Waals surface area (Å²) in [6, 6.07) is 3.62. The van der Waals surface area contributed by atoms with Crippen LogP contribution in [0, 0.1) is 0 Å². The Balaban J connectivity index is 2.69. The molecule has 3 nitrogen and oxygen atoms in total. The third-order valence-electron chi connectivity index (χ3n) is 3.75. The van der Waals surface area contributed by atoms with E-state index in [1.165, 1.54) is 0 Å². The number of amides is 1. The number of benzene rings is 1. The van der Waals surface area contributed by atoms with E-state index in [-0.39, 0.29) is 11.7 Å². The van der Waals surface area contributed by atoms with Crippen molar-refractivity contribution in [2.45, 2.75) is 39.0 Å². The molecule has 1 heterocycles. The first kappa shape index (κ1) is 13.7. The van der Waals surface area contributed by atoms with Crippen molar-refractivity contribution in [1.82, 2.24) is 0 Å². The Morgan fingerprint density at radius 1 is 1.42 bits per heavy atom. The zero-order chi connectivity index (χ0) is 14.2. The second-order valence-electron chi connectivity index (χ2n) is 5.55. The van der Waals surface area contributed by atoms with Gasteiger partial charge in [0.05, 0.1) is 11.1 Å². The van der Waals surface area contributed by atoms with Gasteiger partial charge >= 0.3 is 0 Å². The SMILES string of the molecule is C=CCN1C(=O)C(C)(C)c2c(O)ccc(CCC)c21. The van der Waals surface area contributed by atoms with Gasteiger partial charge in [-0.1, -0.05) is 25.5 Å². The van der Waals surface area contributed by atoms with E-state index >= 15 is 0 Å². The fourth-order valence-corrected chi connectivity index (χ4v) is 2.87. The molecule has 0 aliphatic carbocycles. The number of phenols is 1. The first-order chi connectivity index (χ1) is 8.95. The summed E-state index contributed by atoms with van der Waals surface area (Å²) in [5, 5.41) is 10.2. The van der Waals surface area contributed by atoms with Gasteiger partial charge in [0.1, 0.15) is 5.75 Å². The molecule has 1 aliphatic heterocycles. The van der Waals surface area contributed by atoms with Crippen molar-refractivity contribution >= 4 is 11.6 Å². The standard InChI is InChI=1S/C16H21NO2/c1-5-7-11-8-9-12(18)13-14(11)17(10-6-2)15(19)16(13,3)4/h6,8-9,18H,2,5,7,10H2,1,3-4H3. The zero-order valence-corrected chi connectivity index (χ0v) is 11.9. The quantitative estimate of drug-likeness (QED) is 0.844. The lowest BCUT2D eigenvalue weighted by molar-refractivity contribution is -0.122. The Morgan fingerprint density at radius 3 is 2.68 bits per heavy atom. The van der Waals surface area contributed by atoms with Crippen LogP contribution in [-0.4, -0.2) is 17.6 Å². The fraction of sp³-hybridized carbons (Fsp3) is 0.438. The van der Waals surface area contributed by atoms with Gasteiger partial charge in [-0.05, 0) is 31.9 Å². The summed E-state index contributed by atoms with van der Waals surface area (Å²) >= 11 is 0. The highest BCUT2D eigenvalue weighted by molar-refractivity contribution is 6.09. The van der Waals surface area contributed by atoms with Crippen molar-refractivity contribution in [2.24, 2.45) is 0 Å². The smallest absolute Gasteiger partial charge is 0.237 e. The van der Waals surface area contributed by atoms with Crippen LogP contribution in [0.4, 0.5) is 5.69 Å². The minimum atomic E-state index is -0.674. The Labute approximate surface area is 114 Å². The molecule has 2 rings (SSSR count). The average Bonchev–Trinajstić information content (AvgIpc) is 2.55. The molecule has 1 amide bonds. The third kappa shape index (κ3) is 1.93. The number of carbonyl (C=O) groups is 1. The Kier molecular flexibility index (Phi) is 3.40. The summed E-state index contributed by atoms with van der Waals surface area (Å²) < 4.78 is 0. The van der Waals surface area contributed by atoms with E-state index < -0.39 is 5.41 Å². The van der Waals surface area contributed by atoms with E-state index in [0.29, 0.717) is 6.54 Å². The molecule has 0 aromatic heterocycles. The van der Waals surface area contributed by atoms with E-state index in [1.54, 1.807) is 17.0 Å². The molecule has 1 aromatic carbocycles. The zero-order valence-electron chi connectivity index (χ0n) is 11.9. The van der Waals surface area contributed by atoms with Gasteiger partial charge < -0.3 is 10.0 Å². The van der Waals surface area contributed by atoms with Gasteiger partial charge in [-0.15, -0.1) is 6.58 Å². The number of hydrogen-bond acceptors (Lipinski definition) is 2. The fourth-order valence-electron chi connectivity index (χ4n) is 2.87. The molecule has 102 valence electrons. The maximum atomic E-state index is 12.5. The predicted octanol–water partition coefficient (Wildman–Crippen LogP) is 3.15. The molecule has 0 atom stereocenters. The molecule has 1 aromatic rings. The number of anilines is 1. The molecule has 19 heavy (non-hydrogen) atoms. The minimum Gasteiger partial charge on any atom is -0.508 e. The summed E-state index contributed by atoms with van der Waals surface area (Å²) in [5.74, 6) is 0.237. The highest BCUT2D eigenvalue weighted by Gasteiger charge is 2.46. The molecular weight excluding hydrogens is 238 g/mol. The van der Waals surface area contributed by atoms with E-state index in [9.17, 15) is 9.90 Å². The number of rotatable bonds is 4. The van der Waals surface area contributed by atoms with Gasteiger partial charge in [-0.2, -0.15) is 0 Å². The molecule has 0 saturated heterocycles. The number of fused-ring (bicyclic) bond motifs is 1. The summed E-state index contributed by atoms with van der Waals surface area (Å²) in [7, 11) is 0. The lowest BCUT2D eigenvalue weighted by Gasteiger charge is -2.19. The van der Waals surface area contributed by atoms with Crippen molar-refractivity contribution in [1.29, 1.82) is 0 Å². The monoisotopic (exact) mass is 259 g/mol. The molecule has 0 unspecified atom stereocenters. The number of aryl methyl sites for hydroxylation is 1. The van der Waals surface area contributed by atoms with Crippen LogP contribution in [0.15, 0.2) is 24.8 Å². The van der Waals surface area contributed by atoms with Crippen LogP contribution in [0.5, 0.6) is 5.75 Å². The van der Waals surface area contributed by atoms with Crippen LogP contribution in [0.2, 0.25) is 0 Å². The summed E-state index contributed by atoms with van der Waals surface area (Å²) in [4.78, 5) is 14.3. The highest BCUT2D eigenvalue weighted by Crippen LogP contribution is 2.48. The van der Waals surface area contributed by atoms with Gasteiger partial charge in [0.25, 0.3) is 0 Å². The van der Waals surface area contributed by atoms with Gasteiger partial charge in [-0.3, -0.25) is 4.79 Å². The minimum absolute atomic E-state index is 0.0289. The van der Waals surface area contributed by atoms with Gasteiger partial charge in [0, 0.05) is 12.1 Å². The van der Waals surface area contributed by atoms with E-state index in [1.807, 2.05) is 19.9 Å². The van der Waals surface area contributed by atoms with Gasteiger partial charge in [0.2, 0.25) is 5.91 Å². The number of hydrogen-bond donors (Lipinski definition) is 1. The van der Waals surface area contributed by atoms with Crippen LogP contribution in [0.1, 0.15) is 38.3 Å². The number of carbonyl (C=O) groups excluding carboxylic acids is 1. The van der Waals surface area contributed by atoms with Crippen molar-refractivity contribution in [3.05, 3.63) is 35.9 Å². The van der Waals surface area contributed by atoms with E-state index in [4.69, 9.17) is 0 Å². The summed E-state index contributed by atoms with van der Waals surface area (Å²) in [6.45, 7) is 10.0. The number of phenolic OH excluding ortho intramolecular Hbond substituents is 1. The van der Waals surface area contributed by atoms with Crippen molar-refractivity contribution in [2.75, 3.05) is 11.4 Å². The van der Waals surface area contributed by atoms with E-state index in [0.717, 1.165) is 29.7 Å². The topological polar surface area (TPSA) is 40.5 Å². The summed E-state index contributed by atoms with van der Waals surface area (Å²) in [5.41, 5.74) is 2.09. The molecule has 1 N–H and O–H groups in total. The van der Waals surface area contributed by atoms with Crippen LogP contribution < -0.4 is 4.90 Å². The molecule has 0 radical (unpaired) electrons. The number of aromatic hydroxyl groups is 1. The Morgan fingerprint density at radius 2 is 2.11 bits per heavy atom. The second-order valence-corrected chi connectivity index (χ2v) is 5.55. The van der Waals surface area contributed by atoms with Crippen LogP contribution in [0.25, 0.3) is 0 Å². The normalized spacial score (nSPS) is 16.6. The van der Waals surface area contributed by atoms with Crippen LogP contribution in [0.3, 0.4) is 0 Å². The second kappa shape index (κ2) is 4.72. The van der Waals surface area contributed by atoms with Gasteiger partial charge in [-0.25, -0.2) is 0 Å². The van der Waals surface area contributed by atoms with Crippen LogP contribution in [-0.2, 0) is 16.6 Å². The lowest BCUT2D eigenvalue weighted by atomic mass is 9.84. The van der Waals surface area contributed by atoms with Crippen LogP contribution >= 0.6 is 0 Å². The molecule has 0 saturated carbocycles. The largest absolute Gasteiger partial charge is 0.508 e. The lowest BCUT2D eigenvalue weighted by Crippen LogP contribution is -2.36. The first-order valence-electron chi connectivity index (χ1n) is 6.73. The molecular formula is C16H21NO2. The molecule has 0 spiro atoms. The molecule has 0 fully saturated rings. The third-order valence-corrected chi connectivity index (χ3v) is 3.75. The van der Waals surface area contributed by atoms with Crippen molar-refractivity contribution in [3.63, 3.8) is 0 Å². The Bertz CT molecular complexity index is 532.